The second-order valence-corrected chi connectivity index (χ2v) is 10.8. The molecule has 5 rings (SSSR count). The van der Waals surface area contributed by atoms with Crippen molar-refractivity contribution in [1.29, 1.82) is 0 Å². The first-order chi connectivity index (χ1) is 18.5. The largest absolute Gasteiger partial charge is 0.416 e. The molecule has 2 fully saturated rings. The third-order valence-corrected chi connectivity index (χ3v) is 7.94. The van der Waals surface area contributed by atoms with Crippen molar-refractivity contribution >= 4 is 51.5 Å². The second-order valence-electron chi connectivity index (χ2n) is 9.37. The van der Waals surface area contributed by atoms with Gasteiger partial charge in [-0.3, -0.25) is 24.1 Å². The number of carbonyl (C=O) groups is 2. The number of aliphatic hydroxyl groups excluding tert-OH is 1. The van der Waals surface area contributed by atoms with Crippen molar-refractivity contribution in [1.82, 2.24) is 19.6 Å². The molecule has 7 nitrogen and oxygen atoms in total. The molecule has 13 heteroatoms. The molecule has 2 atom stereocenters. The number of benzene rings is 2. The van der Waals surface area contributed by atoms with Crippen LogP contribution in [0.5, 0.6) is 0 Å². The molecule has 206 valence electrons. The van der Waals surface area contributed by atoms with Gasteiger partial charge < -0.3 is 5.11 Å². The van der Waals surface area contributed by atoms with E-state index in [4.69, 9.17) is 16.7 Å². The maximum Gasteiger partial charge on any atom is 0.416 e. The minimum atomic E-state index is -4.57. The Labute approximate surface area is 230 Å². The Kier molecular flexibility index (Phi) is 7.73. The molecule has 3 aromatic rings. The molecule has 0 unspecified atom stereocenters. The van der Waals surface area contributed by atoms with Crippen LogP contribution >= 0.6 is 23.4 Å². The molecule has 1 aromatic heterocycles. The molecule has 0 saturated carbocycles. The van der Waals surface area contributed by atoms with Gasteiger partial charge >= 0.3 is 6.18 Å². The zero-order valence-electron chi connectivity index (χ0n) is 20.4. The summed E-state index contributed by atoms with van der Waals surface area (Å²) in [5, 5.41) is 13.4. The van der Waals surface area contributed by atoms with E-state index in [9.17, 15) is 27.2 Å². The molecule has 2 aliphatic heterocycles. The minimum absolute atomic E-state index is 0.0142. The number of rotatable bonds is 6. The van der Waals surface area contributed by atoms with Crippen molar-refractivity contribution in [3.05, 3.63) is 69.2 Å². The predicted octanol–water partition coefficient (Wildman–Crippen LogP) is 5.20. The fourth-order valence-corrected chi connectivity index (χ4v) is 6.00. The molecule has 1 N–H and O–H groups in total. The maximum absolute atomic E-state index is 14.8. The summed E-state index contributed by atoms with van der Waals surface area (Å²) in [5.74, 6) is -0.563. The lowest BCUT2D eigenvalue weighted by atomic mass is 10.0. The number of imide groups is 1. The Morgan fingerprint density at radius 1 is 1.18 bits per heavy atom. The summed E-state index contributed by atoms with van der Waals surface area (Å²) in [4.78, 5) is 28.6. The van der Waals surface area contributed by atoms with E-state index in [-0.39, 0.29) is 41.6 Å². The molecule has 0 spiro atoms. The topological polar surface area (TPSA) is 78.7 Å². The van der Waals surface area contributed by atoms with Crippen molar-refractivity contribution in [2.24, 2.45) is 0 Å². The van der Waals surface area contributed by atoms with Crippen LogP contribution in [-0.4, -0.2) is 74.3 Å². The summed E-state index contributed by atoms with van der Waals surface area (Å²) in [6.07, 6.45) is -2.66. The van der Waals surface area contributed by atoms with Gasteiger partial charge in [0.15, 0.2) is 0 Å². The number of alkyl halides is 4. The third-order valence-electron chi connectivity index (χ3n) is 6.82. The van der Waals surface area contributed by atoms with Gasteiger partial charge in [-0.25, -0.2) is 4.39 Å². The summed E-state index contributed by atoms with van der Waals surface area (Å²) < 4.78 is 56.8. The van der Waals surface area contributed by atoms with E-state index in [1.54, 1.807) is 23.1 Å². The number of likely N-dealkylation sites (tertiary alicyclic amines) is 1. The van der Waals surface area contributed by atoms with Crippen LogP contribution in [0, 0.1) is 0 Å². The highest BCUT2D eigenvalue weighted by molar-refractivity contribution is 8.18. The summed E-state index contributed by atoms with van der Waals surface area (Å²) in [7, 11) is 0. The van der Waals surface area contributed by atoms with Gasteiger partial charge in [-0.05, 0) is 59.7 Å². The van der Waals surface area contributed by atoms with E-state index in [0.29, 0.717) is 29.6 Å². The molecule has 2 amide bonds. The number of hydrogen-bond donors (Lipinski definition) is 1. The minimum Gasteiger partial charge on any atom is -0.395 e. The van der Waals surface area contributed by atoms with E-state index in [1.807, 2.05) is 0 Å². The van der Waals surface area contributed by atoms with Crippen LogP contribution in [0.15, 0.2) is 47.5 Å². The molecule has 2 aliphatic rings. The Hall–Kier alpha value is -2.93. The summed E-state index contributed by atoms with van der Waals surface area (Å²) in [6.45, 7) is 0.605. The van der Waals surface area contributed by atoms with Crippen molar-refractivity contribution in [2.45, 2.75) is 31.4 Å². The van der Waals surface area contributed by atoms with Crippen LogP contribution in [0.2, 0.25) is 5.02 Å². The average Bonchev–Trinajstić information content (AvgIpc) is 3.39. The highest BCUT2D eigenvalue weighted by Crippen LogP contribution is 2.37. The van der Waals surface area contributed by atoms with Crippen LogP contribution in [0.1, 0.15) is 23.1 Å². The van der Waals surface area contributed by atoms with Gasteiger partial charge in [0.2, 0.25) is 0 Å². The first-order valence-corrected chi connectivity index (χ1v) is 13.3. The lowest BCUT2D eigenvalue weighted by Gasteiger charge is -2.37. The van der Waals surface area contributed by atoms with Gasteiger partial charge in [0, 0.05) is 30.0 Å². The Morgan fingerprint density at radius 3 is 2.69 bits per heavy atom. The van der Waals surface area contributed by atoms with Gasteiger partial charge in [-0.2, -0.15) is 18.3 Å². The summed E-state index contributed by atoms with van der Waals surface area (Å²) in [5.41, 5.74) is 0.353. The Balaban J connectivity index is 1.35. The SMILES string of the molecule is O=C1S/C(=C\c2ccc3c(cnn3Cc3ccc(Cl)cc3C(F)(F)F)c2)C(=O)N1[C@@H]1CCN(CCO)C[C@@H]1F. The second kappa shape index (κ2) is 10.9. The first-order valence-electron chi connectivity index (χ1n) is 12.1. The van der Waals surface area contributed by atoms with E-state index in [0.717, 1.165) is 22.7 Å². The molecule has 3 heterocycles. The number of thioether (sulfide) groups is 1. The van der Waals surface area contributed by atoms with Gasteiger partial charge in [0.05, 0.1) is 41.4 Å². The molecule has 0 aliphatic carbocycles. The maximum atomic E-state index is 14.8. The van der Waals surface area contributed by atoms with Crippen molar-refractivity contribution in [3.63, 3.8) is 0 Å². The van der Waals surface area contributed by atoms with Crippen LogP contribution in [0.4, 0.5) is 22.4 Å². The van der Waals surface area contributed by atoms with E-state index < -0.39 is 35.1 Å². The molecule has 39 heavy (non-hydrogen) atoms. The van der Waals surface area contributed by atoms with Gasteiger partial charge in [-0.1, -0.05) is 23.7 Å². The predicted molar refractivity (Wildman–Crippen MR) is 140 cm³/mol. The highest BCUT2D eigenvalue weighted by Gasteiger charge is 2.45. The summed E-state index contributed by atoms with van der Waals surface area (Å²) >= 11 is 6.52. The average molecular weight is 583 g/mol. The molecular formula is C26H23ClF4N4O3S. The first kappa shape index (κ1) is 27.6. The van der Waals surface area contributed by atoms with Crippen molar-refractivity contribution in [3.8, 4) is 0 Å². The lowest BCUT2D eigenvalue weighted by molar-refractivity contribution is -0.138. The number of nitrogens with zero attached hydrogens (tertiary/aromatic N) is 4. The fraction of sp³-hybridized carbons (Fsp3) is 0.346. The number of halogens is 5. The zero-order valence-corrected chi connectivity index (χ0v) is 21.9. The number of piperidine rings is 1. The van der Waals surface area contributed by atoms with Gasteiger partial charge in [0.25, 0.3) is 11.1 Å². The molecule has 2 saturated heterocycles. The van der Waals surface area contributed by atoms with Crippen LogP contribution in [0.3, 0.4) is 0 Å². The smallest absolute Gasteiger partial charge is 0.395 e. The quantitative estimate of drug-likeness (QED) is 0.318. The fourth-order valence-electron chi connectivity index (χ4n) is 4.94. The van der Waals surface area contributed by atoms with E-state index >= 15 is 0 Å². The standard InChI is InChI=1S/C26H23ClF4N4O3S/c27-18-3-2-16(19(11-18)26(29,30)31)13-34-21-4-1-15(9-17(21)12-32-34)10-23-24(37)35(25(38)39-23)22-5-6-33(7-8-36)14-20(22)28/h1-4,9-12,20,22,36H,5-8,13-14H2/b23-10-/t20-,22+/m0/s1. The van der Waals surface area contributed by atoms with Crippen LogP contribution in [-0.2, 0) is 17.5 Å². The summed E-state index contributed by atoms with van der Waals surface area (Å²) in [6, 6.07) is 7.80. The zero-order chi connectivity index (χ0) is 27.9. The van der Waals surface area contributed by atoms with Crippen molar-refractivity contribution in [2.75, 3.05) is 26.2 Å². The number of amides is 2. The number of aromatic nitrogens is 2. The normalized spacial score (nSPS) is 22.0. The molecular weight excluding hydrogens is 560 g/mol. The molecule has 0 radical (unpaired) electrons. The number of fused-ring (bicyclic) bond motifs is 1. The molecule has 0 bridgehead atoms. The van der Waals surface area contributed by atoms with Gasteiger partial charge in [0.1, 0.15) is 6.17 Å². The number of hydrogen-bond acceptors (Lipinski definition) is 6. The Morgan fingerprint density at radius 2 is 1.97 bits per heavy atom. The van der Waals surface area contributed by atoms with Gasteiger partial charge in [-0.15, -0.1) is 0 Å². The van der Waals surface area contributed by atoms with Crippen LogP contribution < -0.4 is 0 Å². The molecule has 2 aromatic carbocycles. The monoisotopic (exact) mass is 582 g/mol. The number of aliphatic hydroxyl groups is 1. The Bertz CT molecular complexity index is 1460. The lowest BCUT2D eigenvalue weighted by Crippen LogP contribution is -2.54. The number of β-amino-alcohol motifs (C(OH)–C–C–N with tert-alkyl or cyclic N) is 1. The van der Waals surface area contributed by atoms with Crippen molar-refractivity contribution < 1.29 is 32.3 Å². The van der Waals surface area contributed by atoms with E-state index in [2.05, 4.69) is 5.10 Å². The van der Waals surface area contributed by atoms with Crippen LogP contribution in [0.25, 0.3) is 17.0 Å². The highest BCUT2D eigenvalue weighted by atomic mass is 35.5. The number of carbonyl (C=O) groups excluding carboxylic acids is 2. The van der Waals surface area contributed by atoms with E-state index in [1.165, 1.54) is 29.1 Å². The third kappa shape index (κ3) is 5.69.